The number of pyridine rings is 1. The SMILES string of the molecule is CN(C)C1(CNC(=O)c2cccc([C@@H](CO)NC(=O)c3ccc(-c4ccncc4)cc3)c2)CCCC1. The van der Waals surface area contributed by atoms with Gasteiger partial charge in [-0.25, -0.2) is 0 Å². The number of aromatic nitrogens is 1. The number of amides is 2. The van der Waals surface area contributed by atoms with Crippen molar-refractivity contribution in [2.45, 2.75) is 37.3 Å². The highest BCUT2D eigenvalue weighted by molar-refractivity contribution is 5.96. The summed E-state index contributed by atoms with van der Waals surface area (Å²) < 4.78 is 0. The summed E-state index contributed by atoms with van der Waals surface area (Å²) in [6, 6.07) is 17.5. The maximum absolute atomic E-state index is 12.9. The van der Waals surface area contributed by atoms with E-state index in [1.807, 2.05) is 30.3 Å². The lowest BCUT2D eigenvalue weighted by molar-refractivity contribution is 0.0899. The average Bonchev–Trinajstić information content (AvgIpc) is 3.41. The van der Waals surface area contributed by atoms with E-state index in [1.54, 1.807) is 42.7 Å². The number of aliphatic hydroxyl groups is 1. The van der Waals surface area contributed by atoms with Crippen LogP contribution >= 0.6 is 0 Å². The number of aliphatic hydroxyl groups excluding tert-OH is 1. The van der Waals surface area contributed by atoms with Gasteiger partial charge < -0.3 is 20.6 Å². The molecule has 188 valence electrons. The molecule has 1 heterocycles. The number of hydrogen-bond donors (Lipinski definition) is 3. The first-order valence-corrected chi connectivity index (χ1v) is 12.4. The van der Waals surface area contributed by atoms with Gasteiger partial charge in [0.25, 0.3) is 11.8 Å². The van der Waals surface area contributed by atoms with Gasteiger partial charge in [-0.3, -0.25) is 14.6 Å². The van der Waals surface area contributed by atoms with Crippen molar-refractivity contribution in [2.75, 3.05) is 27.2 Å². The van der Waals surface area contributed by atoms with E-state index in [1.165, 1.54) is 12.8 Å². The standard InChI is InChI=1S/C29H34N4O3/c1-33(2)29(14-3-4-15-29)20-31-27(35)25-7-5-6-24(18-25)26(19-34)32-28(36)23-10-8-21(9-11-23)22-12-16-30-17-13-22/h5-13,16-18,26,34H,3-4,14-15,19-20H2,1-2H3,(H,31,35)(H,32,36)/t26-/m1/s1. The van der Waals surface area contributed by atoms with E-state index >= 15 is 0 Å². The molecular weight excluding hydrogens is 452 g/mol. The number of nitrogens with one attached hydrogen (secondary N) is 2. The maximum Gasteiger partial charge on any atom is 0.251 e. The minimum Gasteiger partial charge on any atom is -0.394 e. The fourth-order valence-corrected chi connectivity index (χ4v) is 4.89. The van der Waals surface area contributed by atoms with E-state index in [4.69, 9.17) is 0 Å². The Morgan fingerprint density at radius 3 is 2.25 bits per heavy atom. The normalized spacial score (nSPS) is 15.4. The van der Waals surface area contributed by atoms with E-state index < -0.39 is 6.04 Å². The molecule has 4 rings (SSSR count). The molecule has 0 spiro atoms. The van der Waals surface area contributed by atoms with Gasteiger partial charge in [0.2, 0.25) is 0 Å². The largest absolute Gasteiger partial charge is 0.394 e. The minimum atomic E-state index is -0.631. The molecule has 0 radical (unpaired) electrons. The molecule has 1 aromatic heterocycles. The predicted molar refractivity (Wildman–Crippen MR) is 141 cm³/mol. The van der Waals surface area contributed by atoms with E-state index in [0.717, 1.165) is 24.0 Å². The summed E-state index contributed by atoms with van der Waals surface area (Å²) >= 11 is 0. The van der Waals surface area contributed by atoms with Crippen LogP contribution in [0, 0.1) is 0 Å². The van der Waals surface area contributed by atoms with Gasteiger partial charge in [-0.2, -0.15) is 0 Å². The Morgan fingerprint density at radius 1 is 0.944 bits per heavy atom. The Kier molecular flexibility index (Phi) is 8.13. The molecule has 0 bridgehead atoms. The zero-order valence-electron chi connectivity index (χ0n) is 20.9. The molecule has 1 aliphatic carbocycles. The van der Waals surface area contributed by atoms with Gasteiger partial charge in [-0.1, -0.05) is 37.1 Å². The summed E-state index contributed by atoms with van der Waals surface area (Å²) in [5.41, 5.74) is 3.68. The van der Waals surface area contributed by atoms with Crippen molar-refractivity contribution < 1.29 is 14.7 Å². The summed E-state index contributed by atoms with van der Waals surface area (Å²) in [5, 5.41) is 16.0. The van der Waals surface area contributed by atoms with E-state index in [-0.39, 0.29) is 24.0 Å². The Hall–Kier alpha value is -3.55. The third kappa shape index (κ3) is 5.80. The number of rotatable bonds is 9. The molecule has 2 aromatic carbocycles. The highest BCUT2D eigenvalue weighted by Gasteiger charge is 2.36. The van der Waals surface area contributed by atoms with Crippen LogP contribution in [0.3, 0.4) is 0 Å². The first-order chi connectivity index (χ1) is 17.4. The molecule has 1 saturated carbocycles. The second-order valence-electron chi connectivity index (χ2n) is 9.66. The summed E-state index contributed by atoms with van der Waals surface area (Å²) in [5.74, 6) is -0.445. The molecule has 0 saturated heterocycles. The highest BCUT2D eigenvalue weighted by atomic mass is 16.3. The monoisotopic (exact) mass is 486 g/mol. The molecule has 3 N–H and O–H groups in total. The Bertz CT molecular complexity index is 1170. The van der Waals surface area contributed by atoms with Gasteiger partial charge in [0.15, 0.2) is 0 Å². The lowest BCUT2D eigenvalue weighted by atomic mass is 9.95. The molecule has 0 unspecified atom stereocenters. The molecule has 1 aliphatic rings. The van der Waals surface area contributed by atoms with Crippen molar-refractivity contribution in [2.24, 2.45) is 0 Å². The van der Waals surface area contributed by atoms with Gasteiger partial charge >= 0.3 is 0 Å². The van der Waals surface area contributed by atoms with Gasteiger partial charge in [0.1, 0.15) is 0 Å². The van der Waals surface area contributed by atoms with Gasteiger partial charge in [0.05, 0.1) is 12.6 Å². The molecule has 3 aromatic rings. The van der Waals surface area contributed by atoms with Crippen molar-refractivity contribution in [3.63, 3.8) is 0 Å². The average molecular weight is 487 g/mol. The van der Waals surface area contributed by atoms with Crippen LogP contribution in [0.15, 0.2) is 73.1 Å². The quantitative estimate of drug-likeness (QED) is 0.428. The number of likely N-dealkylation sites (N-methyl/N-ethyl adjacent to an activating group) is 1. The van der Waals surface area contributed by atoms with Crippen LogP contribution in [-0.4, -0.2) is 59.6 Å². The van der Waals surface area contributed by atoms with E-state index in [0.29, 0.717) is 23.2 Å². The van der Waals surface area contributed by atoms with Gasteiger partial charge in [-0.05, 0) is 80.0 Å². The molecule has 36 heavy (non-hydrogen) atoms. The van der Waals surface area contributed by atoms with Crippen LogP contribution in [-0.2, 0) is 0 Å². The molecule has 1 fully saturated rings. The summed E-state index contributed by atoms with van der Waals surface area (Å²) in [6.45, 7) is 0.314. The Balaban J connectivity index is 1.41. The van der Waals surface area contributed by atoms with Crippen LogP contribution in [0.5, 0.6) is 0 Å². The number of nitrogens with zero attached hydrogens (tertiary/aromatic N) is 2. The van der Waals surface area contributed by atoms with Crippen LogP contribution in [0.4, 0.5) is 0 Å². The number of benzene rings is 2. The topological polar surface area (TPSA) is 94.6 Å². The van der Waals surface area contributed by atoms with Crippen molar-refractivity contribution in [1.82, 2.24) is 20.5 Å². The molecule has 7 heteroatoms. The molecule has 1 atom stereocenters. The highest BCUT2D eigenvalue weighted by Crippen LogP contribution is 2.33. The lowest BCUT2D eigenvalue weighted by Crippen LogP contribution is -2.50. The summed E-state index contributed by atoms with van der Waals surface area (Å²) in [7, 11) is 4.14. The second kappa shape index (κ2) is 11.5. The second-order valence-corrected chi connectivity index (χ2v) is 9.66. The summed E-state index contributed by atoms with van der Waals surface area (Å²) in [4.78, 5) is 32.1. The molecule has 7 nitrogen and oxygen atoms in total. The first kappa shape index (κ1) is 25.5. The zero-order valence-corrected chi connectivity index (χ0v) is 20.9. The molecule has 0 aliphatic heterocycles. The predicted octanol–water partition coefficient (Wildman–Crippen LogP) is 3.82. The lowest BCUT2D eigenvalue weighted by Gasteiger charge is -2.36. The van der Waals surface area contributed by atoms with Crippen LogP contribution in [0.1, 0.15) is 58.0 Å². The summed E-state index contributed by atoms with van der Waals surface area (Å²) in [6.07, 6.45) is 7.95. The Labute approximate surface area is 212 Å². The van der Waals surface area contributed by atoms with Crippen molar-refractivity contribution in [3.8, 4) is 11.1 Å². The van der Waals surface area contributed by atoms with E-state index in [2.05, 4.69) is 34.6 Å². The van der Waals surface area contributed by atoms with Gasteiger partial charge in [-0.15, -0.1) is 0 Å². The fraction of sp³-hybridized carbons (Fsp3) is 0.345. The minimum absolute atomic E-state index is 0.00181. The third-order valence-electron chi connectivity index (χ3n) is 7.26. The Morgan fingerprint density at radius 2 is 1.61 bits per heavy atom. The van der Waals surface area contributed by atoms with Crippen LogP contribution in [0.25, 0.3) is 11.1 Å². The smallest absolute Gasteiger partial charge is 0.251 e. The number of carbonyl (C=O) groups excluding carboxylic acids is 2. The fourth-order valence-electron chi connectivity index (χ4n) is 4.89. The first-order valence-electron chi connectivity index (χ1n) is 12.4. The zero-order chi connectivity index (χ0) is 25.5. The maximum atomic E-state index is 12.9. The third-order valence-corrected chi connectivity index (χ3v) is 7.26. The molecule has 2 amide bonds. The van der Waals surface area contributed by atoms with Crippen LogP contribution < -0.4 is 10.6 Å². The van der Waals surface area contributed by atoms with Crippen LogP contribution in [0.2, 0.25) is 0 Å². The number of carbonyl (C=O) groups is 2. The number of hydrogen-bond acceptors (Lipinski definition) is 5. The van der Waals surface area contributed by atoms with Crippen molar-refractivity contribution in [3.05, 3.63) is 89.7 Å². The van der Waals surface area contributed by atoms with E-state index in [9.17, 15) is 14.7 Å². The van der Waals surface area contributed by atoms with Crippen molar-refractivity contribution >= 4 is 11.8 Å². The van der Waals surface area contributed by atoms with Crippen molar-refractivity contribution in [1.29, 1.82) is 0 Å². The molecular formula is C29H34N4O3. The van der Waals surface area contributed by atoms with Gasteiger partial charge in [0, 0.05) is 35.6 Å².